The van der Waals surface area contributed by atoms with E-state index in [9.17, 15) is 9.18 Å². The lowest BCUT2D eigenvalue weighted by Gasteiger charge is -2.11. The lowest BCUT2D eigenvalue weighted by atomic mass is 10.0. The van der Waals surface area contributed by atoms with Crippen LogP contribution in [0, 0.1) is 5.82 Å². The number of anilines is 1. The Kier molecular flexibility index (Phi) is 4.11. The predicted molar refractivity (Wildman–Crippen MR) is 92.4 cm³/mol. The van der Waals surface area contributed by atoms with E-state index in [1.807, 2.05) is 56.3 Å². The van der Waals surface area contributed by atoms with E-state index in [2.05, 4.69) is 5.32 Å². The van der Waals surface area contributed by atoms with Gasteiger partial charge < -0.3 is 5.32 Å². The average molecular weight is 307 g/mol. The molecule has 1 amide bonds. The number of rotatable bonds is 3. The first-order valence-corrected chi connectivity index (χ1v) is 7.65. The van der Waals surface area contributed by atoms with Crippen molar-refractivity contribution in [2.45, 2.75) is 19.8 Å². The Labute approximate surface area is 135 Å². The summed E-state index contributed by atoms with van der Waals surface area (Å²) in [5.41, 5.74) is 1.66. The van der Waals surface area contributed by atoms with Crippen molar-refractivity contribution >= 4 is 22.4 Å². The van der Waals surface area contributed by atoms with Crippen LogP contribution in [0.3, 0.4) is 0 Å². The van der Waals surface area contributed by atoms with Crippen LogP contribution in [-0.2, 0) is 0 Å². The van der Waals surface area contributed by atoms with Gasteiger partial charge in [-0.05, 0) is 35.1 Å². The minimum Gasteiger partial charge on any atom is -0.321 e. The summed E-state index contributed by atoms with van der Waals surface area (Å²) in [6.45, 7) is 3.85. The van der Waals surface area contributed by atoms with Crippen LogP contribution in [0.15, 0.2) is 60.7 Å². The molecule has 0 radical (unpaired) electrons. The van der Waals surface area contributed by atoms with Gasteiger partial charge in [0.05, 0.1) is 0 Å². The van der Waals surface area contributed by atoms with E-state index in [-0.39, 0.29) is 17.6 Å². The molecule has 0 aliphatic rings. The molecule has 0 aromatic heterocycles. The third kappa shape index (κ3) is 3.09. The van der Waals surface area contributed by atoms with E-state index in [4.69, 9.17) is 0 Å². The fourth-order valence-electron chi connectivity index (χ4n) is 2.67. The molecule has 3 rings (SSSR count). The Hall–Kier alpha value is -2.68. The Bertz CT molecular complexity index is 865. The summed E-state index contributed by atoms with van der Waals surface area (Å²) >= 11 is 0. The number of nitrogens with one attached hydrogen (secondary N) is 1. The molecule has 3 aromatic carbocycles. The molecule has 116 valence electrons. The number of carbonyl (C=O) groups excluding carboxylic acids is 1. The molecule has 3 heteroatoms. The summed E-state index contributed by atoms with van der Waals surface area (Å²) in [6.07, 6.45) is 0. The van der Waals surface area contributed by atoms with Crippen LogP contribution >= 0.6 is 0 Å². The fraction of sp³-hybridized carbons (Fsp3) is 0.150. The number of fused-ring (bicyclic) bond motifs is 1. The van der Waals surface area contributed by atoms with E-state index in [0.29, 0.717) is 11.1 Å². The second-order valence-electron chi connectivity index (χ2n) is 5.87. The van der Waals surface area contributed by atoms with Crippen LogP contribution in [0.5, 0.6) is 0 Å². The topological polar surface area (TPSA) is 29.1 Å². The van der Waals surface area contributed by atoms with E-state index in [1.165, 1.54) is 6.07 Å². The molecule has 3 aromatic rings. The molecule has 0 fully saturated rings. The van der Waals surface area contributed by atoms with Gasteiger partial charge in [-0.2, -0.15) is 0 Å². The third-order valence-electron chi connectivity index (χ3n) is 3.92. The third-order valence-corrected chi connectivity index (χ3v) is 3.92. The molecule has 0 spiro atoms. The number of halogens is 1. The highest BCUT2D eigenvalue weighted by Crippen LogP contribution is 2.24. The van der Waals surface area contributed by atoms with Crippen molar-refractivity contribution in [2.24, 2.45) is 0 Å². The second kappa shape index (κ2) is 6.21. The Morgan fingerprint density at radius 2 is 1.74 bits per heavy atom. The molecule has 0 aliphatic heterocycles. The highest BCUT2D eigenvalue weighted by molar-refractivity contribution is 6.09. The van der Waals surface area contributed by atoms with E-state index in [0.717, 1.165) is 16.5 Å². The first-order valence-electron chi connectivity index (χ1n) is 7.65. The molecule has 0 saturated heterocycles. The van der Waals surface area contributed by atoms with Crippen LogP contribution in [0.2, 0.25) is 0 Å². The molecule has 0 aliphatic carbocycles. The van der Waals surface area contributed by atoms with Gasteiger partial charge in [0, 0.05) is 16.6 Å². The molecule has 0 saturated carbocycles. The van der Waals surface area contributed by atoms with Gasteiger partial charge in [0.15, 0.2) is 0 Å². The zero-order chi connectivity index (χ0) is 16.4. The van der Waals surface area contributed by atoms with Gasteiger partial charge in [-0.25, -0.2) is 4.39 Å². The molecule has 0 bridgehead atoms. The average Bonchev–Trinajstić information content (AvgIpc) is 2.54. The minimum atomic E-state index is -0.342. The molecular formula is C20H18FNO. The van der Waals surface area contributed by atoms with Crippen LogP contribution in [0.4, 0.5) is 10.1 Å². The van der Waals surface area contributed by atoms with Crippen molar-refractivity contribution in [2.75, 3.05) is 5.32 Å². The number of carbonyl (C=O) groups is 1. The molecule has 2 nitrogen and oxygen atoms in total. The van der Waals surface area contributed by atoms with E-state index in [1.54, 1.807) is 12.1 Å². The molecule has 0 atom stereocenters. The predicted octanol–water partition coefficient (Wildman–Crippen LogP) is 5.35. The van der Waals surface area contributed by atoms with Gasteiger partial charge in [-0.15, -0.1) is 0 Å². The van der Waals surface area contributed by atoms with Gasteiger partial charge in [0.2, 0.25) is 0 Å². The Morgan fingerprint density at radius 3 is 2.48 bits per heavy atom. The van der Waals surface area contributed by atoms with Crippen molar-refractivity contribution in [1.82, 2.24) is 0 Å². The van der Waals surface area contributed by atoms with Gasteiger partial charge in [-0.3, -0.25) is 4.79 Å². The fourth-order valence-corrected chi connectivity index (χ4v) is 2.67. The van der Waals surface area contributed by atoms with Crippen LogP contribution in [0.1, 0.15) is 35.7 Å². The summed E-state index contributed by atoms with van der Waals surface area (Å²) in [6, 6.07) is 18.2. The molecule has 0 heterocycles. The highest BCUT2D eigenvalue weighted by Gasteiger charge is 2.12. The SMILES string of the molecule is CC(C)c1ccc(C(=O)Nc2cccc3ccccc23)cc1F. The Morgan fingerprint density at radius 1 is 1.00 bits per heavy atom. The van der Waals surface area contributed by atoms with Crippen molar-refractivity contribution in [3.8, 4) is 0 Å². The first-order chi connectivity index (χ1) is 11.1. The summed E-state index contributed by atoms with van der Waals surface area (Å²) in [4.78, 5) is 12.4. The van der Waals surface area contributed by atoms with Crippen molar-refractivity contribution in [1.29, 1.82) is 0 Å². The lowest BCUT2D eigenvalue weighted by Crippen LogP contribution is -2.13. The van der Waals surface area contributed by atoms with E-state index >= 15 is 0 Å². The molecule has 1 N–H and O–H groups in total. The zero-order valence-corrected chi connectivity index (χ0v) is 13.1. The number of hydrogen-bond acceptors (Lipinski definition) is 1. The molecule has 23 heavy (non-hydrogen) atoms. The zero-order valence-electron chi connectivity index (χ0n) is 13.1. The Balaban J connectivity index is 1.91. The number of benzene rings is 3. The first kappa shape index (κ1) is 15.2. The van der Waals surface area contributed by atoms with Crippen LogP contribution < -0.4 is 5.32 Å². The summed E-state index contributed by atoms with van der Waals surface area (Å²) in [7, 11) is 0. The smallest absolute Gasteiger partial charge is 0.255 e. The summed E-state index contributed by atoms with van der Waals surface area (Å²) in [5, 5.41) is 4.88. The maximum Gasteiger partial charge on any atom is 0.255 e. The largest absolute Gasteiger partial charge is 0.321 e. The van der Waals surface area contributed by atoms with Gasteiger partial charge in [0.25, 0.3) is 5.91 Å². The summed E-state index contributed by atoms with van der Waals surface area (Å²) in [5.74, 6) is -0.564. The molecule has 0 unspecified atom stereocenters. The minimum absolute atomic E-state index is 0.0881. The van der Waals surface area contributed by atoms with E-state index < -0.39 is 0 Å². The van der Waals surface area contributed by atoms with Crippen molar-refractivity contribution in [3.05, 3.63) is 77.6 Å². The monoisotopic (exact) mass is 307 g/mol. The normalized spacial score (nSPS) is 11.0. The van der Waals surface area contributed by atoms with Crippen LogP contribution in [0.25, 0.3) is 10.8 Å². The van der Waals surface area contributed by atoms with Gasteiger partial charge >= 0.3 is 0 Å². The quantitative estimate of drug-likeness (QED) is 0.694. The van der Waals surface area contributed by atoms with Crippen molar-refractivity contribution < 1.29 is 9.18 Å². The second-order valence-corrected chi connectivity index (χ2v) is 5.87. The highest BCUT2D eigenvalue weighted by atomic mass is 19.1. The maximum atomic E-state index is 14.1. The standard InChI is InChI=1S/C20H18FNO/c1-13(2)16-11-10-15(12-18(16)21)20(23)22-19-9-5-7-14-6-3-4-8-17(14)19/h3-13H,1-2H3,(H,22,23). The lowest BCUT2D eigenvalue weighted by molar-refractivity contribution is 0.102. The summed E-state index contributed by atoms with van der Waals surface area (Å²) < 4.78 is 14.1. The van der Waals surface area contributed by atoms with Crippen molar-refractivity contribution in [3.63, 3.8) is 0 Å². The maximum absolute atomic E-state index is 14.1. The number of amides is 1. The van der Waals surface area contributed by atoms with Gasteiger partial charge in [0.1, 0.15) is 5.82 Å². The molecular weight excluding hydrogens is 289 g/mol. The van der Waals surface area contributed by atoms with Gasteiger partial charge in [-0.1, -0.05) is 56.3 Å². The van der Waals surface area contributed by atoms with Crippen LogP contribution in [-0.4, -0.2) is 5.91 Å². The number of hydrogen-bond donors (Lipinski definition) is 1.